The zero-order chi connectivity index (χ0) is 9.42. The van der Waals surface area contributed by atoms with E-state index in [1.54, 1.807) is 0 Å². The van der Waals surface area contributed by atoms with Crippen LogP contribution in [0.2, 0.25) is 0 Å². The average Bonchev–Trinajstić information content (AvgIpc) is 2.47. The molecule has 0 bridgehead atoms. The number of aromatic amines is 1. The van der Waals surface area contributed by atoms with Crippen LogP contribution in [0.15, 0.2) is 0 Å². The van der Waals surface area contributed by atoms with Crippen LogP contribution in [-0.4, -0.2) is 27.1 Å². The van der Waals surface area contributed by atoms with Crippen molar-refractivity contribution in [3.63, 3.8) is 0 Å². The Morgan fingerprint density at radius 1 is 1.77 bits per heavy atom. The minimum atomic E-state index is -0.412. The third-order valence-electron chi connectivity index (χ3n) is 1.97. The number of hydrogen-bond acceptors (Lipinski definition) is 4. The minimum Gasteiger partial charge on any atom is -0.457 e. The molecule has 2 N–H and O–H groups in total. The van der Waals surface area contributed by atoms with Crippen LogP contribution in [0, 0.1) is 0 Å². The summed E-state index contributed by atoms with van der Waals surface area (Å²) in [5.41, 5.74) is 1.06. The number of nitrogens with one attached hydrogen (secondary N) is 1. The van der Waals surface area contributed by atoms with Gasteiger partial charge in [-0.1, -0.05) is 0 Å². The maximum Gasteiger partial charge on any atom is 0.359 e. The first kappa shape index (κ1) is 8.25. The molecule has 5 heteroatoms. The zero-order valence-corrected chi connectivity index (χ0v) is 7.20. The summed E-state index contributed by atoms with van der Waals surface area (Å²) >= 11 is 0. The highest BCUT2D eigenvalue weighted by Gasteiger charge is 2.27. The number of ether oxygens (including phenoxy) is 1. The van der Waals surface area contributed by atoms with Gasteiger partial charge >= 0.3 is 5.97 Å². The van der Waals surface area contributed by atoms with E-state index in [1.165, 1.54) is 0 Å². The van der Waals surface area contributed by atoms with Gasteiger partial charge in [-0.3, -0.25) is 0 Å². The van der Waals surface area contributed by atoms with E-state index in [9.17, 15) is 4.79 Å². The van der Waals surface area contributed by atoms with E-state index in [4.69, 9.17) is 9.84 Å². The molecule has 0 fully saturated rings. The molecule has 1 aromatic heterocycles. The molecule has 1 unspecified atom stereocenters. The number of aliphatic hydroxyl groups excluding tert-OH is 1. The molecule has 0 amide bonds. The number of nitrogens with zero attached hydrogens (tertiary/aromatic N) is 1. The molecule has 0 saturated heterocycles. The van der Waals surface area contributed by atoms with Crippen molar-refractivity contribution in [2.75, 3.05) is 0 Å². The van der Waals surface area contributed by atoms with Gasteiger partial charge in [0.05, 0.1) is 5.69 Å². The van der Waals surface area contributed by atoms with Crippen molar-refractivity contribution >= 4 is 5.97 Å². The van der Waals surface area contributed by atoms with Crippen molar-refractivity contribution in [2.24, 2.45) is 0 Å². The number of hydrogen-bond donors (Lipinski definition) is 2. The SMILES string of the molecule is CC1Cc2[nH]c(CO)nc2C(=O)O1. The molecule has 2 heterocycles. The Morgan fingerprint density at radius 3 is 3.23 bits per heavy atom. The van der Waals surface area contributed by atoms with Crippen LogP contribution < -0.4 is 0 Å². The summed E-state index contributed by atoms with van der Waals surface area (Å²) in [6.07, 6.45) is 0.514. The summed E-state index contributed by atoms with van der Waals surface area (Å²) in [7, 11) is 0. The second kappa shape index (κ2) is 2.85. The summed E-state index contributed by atoms with van der Waals surface area (Å²) in [5.74, 6) is 0.000694. The van der Waals surface area contributed by atoms with Crippen LogP contribution in [-0.2, 0) is 17.8 Å². The molecule has 2 rings (SSSR count). The van der Waals surface area contributed by atoms with Gasteiger partial charge in [-0.2, -0.15) is 0 Å². The molecule has 5 nitrogen and oxygen atoms in total. The summed E-state index contributed by atoms with van der Waals surface area (Å²) in [6, 6.07) is 0. The maximum atomic E-state index is 11.2. The van der Waals surface area contributed by atoms with E-state index in [2.05, 4.69) is 9.97 Å². The second-order valence-electron chi connectivity index (χ2n) is 3.09. The highest BCUT2D eigenvalue weighted by molar-refractivity contribution is 5.89. The highest BCUT2D eigenvalue weighted by Crippen LogP contribution is 2.18. The van der Waals surface area contributed by atoms with E-state index >= 15 is 0 Å². The molecule has 13 heavy (non-hydrogen) atoms. The third-order valence-corrected chi connectivity index (χ3v) is 1.97. The smallest absolute Gasteiger partial charge is 0.359 e. The van der Waals surface area contributed by atoms with Crippen LogP contribution in [0.25, 0.3) is 0 Å². The summed E-state index contributed by atoms with van der Waals surface area (Å²) in [4.78, 5) is 18.0. The van der Waals surface area contributed by atoms with E-state index in [0.717, 1.165) is 5.69 Å². The van der Waals surface area contributed by atoms with Crippen LogP contribution in [0.5, 0.6) is 0 Å². The summed E-state index contributed by atoms with van der Waals surface area (Å²) < 4.78 is 4.97. The molecule has 0 saturated carbocycles. The Bertz CT molecular complexity index is 345. The van der Waals surface area contributed by atoms with Gasteiger partial charge in [-0.15, -0.1) is 0 Å². The Balaban J connectivity index is 2.40. The fourth-order valence-electron chi connectivity index (χ4n) is 1.42. The van der Waals surface area contributed by atoms with E-state index < -0.39 is 5.97 Å². The predicted molar refractivity (Wildman–Crippen MR) is 43.1 cm³/mol. The lowest BCUT2D eigenvalue weighted by atomic mass is 10.1. The average molecular weight is 182 g/mol. The van der Waals surface area contributed by atoms with Crippen molar-refractivity contribution in [3.05, 3.63) is 17.2 Å². The topological polar surface area (TPSA) is 75.2 Å². The molecule has 1 aromatic rings. The largest absolute Gasteiger partial charge is 0.457 e. The van der Waals surface area contributed by atoms with Crippen molar-refractivity contribution in [3.8, 4) is 0 Å². The standard InChI is InChI=1S/C8H10N2O3/c1-4-2-5-7(8(12)13-4)10-6(3-11)9-5/h4,11H,2-3H2,1H3,(H,9,10). The second-order valence-corrected chi connectivity index (χ2v) is 3.09. The summed E-state index contributed by atoms with van der Waals surface area (Å²) in [6.45, 7) is 1.63. The zero-order valence-electron chi connectivity index (χ0n) is 7.20. The number of fused-ring (bicyclic) bond motifs is 1. The lowest BCUT2D eigenvalue weighted by Gasteiger charge is -2.17. The van der Waals surface area contributed by atoms with Crippen LogP contribution in [0.3, 0.4) is 0 Å². The fraction of sp³-hybridized carbons (Fsp3) is 0.500. The number of carbonyl (C=O) groups is 1. The van der Waals surface area contributed by atoms with E-state index in [-0.39, 0.29) is 12.7 Å². The van der Waals surface area contributed by atoms with Gasteiger partial charge in [0.1, 0.15) is 18.5 Å². The molecule has 1 atom stereocenters. The van der Waals surface area contributed by atoms with Gasteiger partial charge in [0.2, 0.25) is 0 Å². The van der Waals surface area contributed by atoms with Gasteiger partial charge in [0, 0.05) is 6.42 Å². The number of cyclic esters (lactones) is 1. The van der Waals surface area contributed by atoms with Crippen molar-refractivity contribution < 1.29 is 14.6 Å². The Hall–Kier alpha value is -1.36. The van der Waals surface area contributed by atoms with Gasteiger partial charge in [0.15, 0.2) is 5.69 Å². The predicted octanol–water partition coefficient (Wildman–Crippen LogP) is 0.00340. The van der Waals surface area contributed by atoms with Gasteiger partial charge in [-0.05, 0) is 6.92 Å². The Morgan fingerprint density at radius 2 is 2.54 bits per heavy atom. The number of aromatic nitrogens is 2. The molecule has 0 radical (unpaired) electrons. The quantitative estimate of drug-likeness (QED) is 0.599. The molecular weight excluding hydrogens is 172 g/mol. The van der Waals surface area contributed by atoms with Crippen molar-refractivity contribution in [1.29, 1.82) is 0 Å². The van der Waals surface area contributed by atoms with Gasteiger partial charge < -0.3 is 14.8 Å². The first-order chi connectivity index (χ1) is 6.20. The van der Waals surface area contributed by atoms with E-state index in [1.807, 2.05) is 6.92 Å². The number of aliphatic hydroxyl groups is 1. The van der Waals surface area contributed by atoms with Crippen molar-refractivity contribution in [2.45, 2.75) is 26.1 Å². The van der Waals surface area contributed by atoms with Gasteiger partial charge in [0.25, 0.3) is 0 Å². The minimum absolute atomic E-state index is 0.119. The Kier molecular flexibility index (Phi) is 1.81. The number of imidazole rings is 1. The van der Waals surface area contributed by atoms with Crippen LogP contribution >= 0.6 is 0 Å². The van der Waals surface area contributed by atoms with Gasteiger partial charge in [-0.25, -0.2) is 9.78 Å². The molecular formula is C8H10N2O3. The molecule has 0 spiro atoms. The maximum absolute atomic E-state index is 11.2. The number of H-pyrrole nitrogens is 1. The molecule has 0 aromatic carbocycles. The first-order valence-electron chi connectivity index (χ1n) is 4.10. The Labute approximate surface area is 74.7 Å². The lowest BCUT2D eigenvalue weighted by Crippen LogP contribution is -2.24. The highest BCUT2D eigenvalue weighted by atomic mass is 16.5. The lowest BCUT2D eigenvalue weighted by molar-refractivity contribution is 0.0291. The number of esters is 1. The molecule has 1 aliphatic heterocycles. The van der Waals surface area contributed by atoms with Crippen LogP contribution in [0.1, 0.15) is 28.9 Å². The summed E-state index contributed by atoms with van der Waals surface area (Å²) in [5, 5.41) is 8.79. The van der Waals surface area contributed by atoms with E-state index in [0.29, 0.717) is 17.9 Å². The first-order valence-corrected chi connectivity index (χ1v) is 4.10. The fourth-order valence-corrected chi connectivity index (χ4v) is 1.42. The number of rotatable bonds is 1. The third kappa shape index (κ3) is 1.31. The molecule has 0 aliphatic carbocycles. The van der Waals surface area contributed by atoms with Crippen LogP contribution in [0.4, 0.5) is 0 Å². The van der Waals surface area contributed by atoms with Crippen molar-refractivity contribution in [1.82, 2.24) is 9.97 Å². The molecule has 1 aliphatic rings. The monoisotopic (exact) mass is 182 g/mol. The normalized spacial score (nSPS) is 21.1. The molecule has 70 valence electrons. The number of carbonyl (C=O) groups excluding carboxylic acids is 1.